The highest BCUT2D eigenvalue weighted by atomic mass is 16.5. The first-order valence-electron chi connectivity index (χ1n) is 7.77. The highest BCUT2D eigenvalue weighted by Crippen LogP contribution is 2.17. The van der Waals surface area contributed by atoms with Gasteiger partial charge in [0.15, 0.2) is 0 Å². The molecule has 3 nitrogen and oxygen atoms in total. The first-order chi connectivity index (χ1) is 11.8. The van der Waals surface area contributed by atoms with Gasteiger partial charge in [0.25, 0.3) is 0 Å². The number of hydrogen-bond acceptors (Lipinski definition) is 3. The fraction of sp³-hybridized carbons (Fsp3) is 0.0952. The van der Waals surface area contributed by atoms with Crippen LogP contribution in [0.4, 0.5) is 0 Å². The van der Waals surface area contributed by atoms with E-state index < -0.39 is 0 Å². The minimum Gasteiger partial charge on any atom is -0.489 e. The summed E-state index contributed by atoms with van der Waals surface area (Å²) in [5.74, 6) is 1.51. The fourth-order valence-corrected chi connectivity index (χ4v) is 2.27. The first-order valence-corrected chi connectivity index (χ1v) is 7.77. The first kappa shape index (κ1) is 15.8. The number of carbonyl (C=O) groups is 1. The number of aldehydes is 1. The Bertz CT molecular complexity index is 780. The van der Waals surface area contributed by atoms with Crippen molar-refractivity contribution in [3.63, 3.8) is 0 Å². The minimum absolute atomic E-state index is 0.446. The zero-order valence-corrected chi connectivity index (χ0v) is 13.2. The van der Waals surface area contributed by atoms with Crippen LogP contribution in [-0.4, -0.2) is 6.29 Å². The predicted octanol–water partition coefficient (Wildman–Crippen LogP) is 4.66. The van der Waals surface area contributed by atoms with Crippen LogP contribution >= 0.6 is 0 Å². The lowest BCUT2D eigenvalue weighted by atomic mass is 10.2. The third-order valence-corrected chi connectivity index (χ3v) is 3.57. The molecule has 0 aromatic heterocycles. The molecule has 0 spiro atoms. The average Bonchev–Trinajstić information content (AvgIpc) is 2.66. The molecule has 0 fully saturated rings. The molecule has 0 atom stereocenters. The van der Waals surface area contributed by atoms with Crippen LogP contribution in [0.5, 0.6) is 11.5 Å². The Morgan fingerprint density at radius 1 is 0.667 bits per heavy atom. The third kappa shape index (κ3) is 4.46. The molecular formula is C21H18O3. The van der Waals surface area contributed by atoms with E-state index in [1.165, 1.54) is 0 Å². The van der Waals surface area contributed by atoms with Crippen LogP contribution in [0.1, 0.15) is 21.5 Å². The van der Waals surface area contributed by atoms with Crippen molar-refractivity contribution >= 4 is 6.29 Å². The maximum Gasteiger partial charge on any atom is 0.150 e. The molecule has 0 aliphatic heterocycles. The fourth-order valence-electron chi connectivity index (χ4n) is 2.27. The molecule has 0 radical (unpaired) electrons. The van der Waals surface area contributed by atoms with Gasteiger partial charge >= 0.3 is 0 Å². The summed E-state index contributed by atoms with van der Waals surface area (Å²) in [4.78, 5) is 10.8. The summed E-state index contributed by atoms with van der Waals surface area (Å²) in [6, 6.07) is 25.0. The zero-order chi connectivity index (χ0) is 16.6. The van der Waals surface area contributed by atoms with Gasteiger partial charge in [0.1, 0.15) is 31.0 Å². The van der Waals surface area contributed by atoms with Gasteiger partial charge in [-0.1, -0.05) is 54.6 Å². The molecule has 0 saturated carbocycles. The van der Waals surface area contributed by atoms with E-state index in [4.69, 9.17) is 9.47 Å². The van der Waals surface area contributed by atoms with Crippen molar-refractivity contribution in [2.45, 2.75) is 13.2 Å². The van der Waals surface area contributed by atoms with Crippen molar-refractivity contribution in [2.75, 3.05) is 0 Å². The monoisotopic (exact) mass is 318 g/mol. The molecule has 0 heterocycles. The lowest BCUT2D eigenvalue weighted by Gasteiger charge is -2.09. The third-order valence-electron chi connectivity index (χ3n) is 3.57. The van der Waals surface area contributed by atoms with E-state index in [-0.39, 0.29) is 0 Å². The Balaban J connectivity index is 1.53. The van der Waals surface area contributed by atoms with E-state index in [0.717, 1.165) is 23.2 Å². The quantitative estimate of drug-likeness (QED) is 0.595. The average molecular weight is 318 g/mol. The Hall–Kier alpha value is -3.07. The number of hydrogen-bond donors (Lipinski definition) is 0. The number of rotatable bonds is 7. The number of carbonyl (C=O) groups excluding carboxylic acids is 1. The van der Waals surface area contributed by atoms with Gasteiger partial charge in [-0.25, -0.2) is 0 Å². The lowest BCUT2D eigenvalue weighted by molar-refractivity contribution is 0.112. The molecule has 0 aliphatic carbocycles. The summed E-state index contributed by atoms with van der Waals surface area (Å²) in [6.07, 6.45) is 0.811. The van der Waals surface area contributed by atoms with Crippen LogP contribution in [0.3, 0.4) is 0 Å². The SMILES string of the molecule is O=Cc1cccc(OCc2ccc(OCc3ccccc3)cc2)c1. The summed E-state index contributed by atoms with van der Waals surface area (Å²) in [7, 11) is 0. The Morgan fingerprint density at radius 2 is 1.33 bits per heavy atom. The largest absolute Gasteiger partial charge is 0.489 e. The van der Waals surface area contributed by atoms with E-state index >= 15 is 0 Å². The van der Waals surface area contributed by atoms with Gasteiger partial charge < -0.3 is 9.47 Å². The van der Waals surface area contributed by atoms with Crippen LogP contribution in [0, 0.1) is 0 Å². The summed E-state index contributed by atoms with van der Waals surface area (Å²) < 4.78 is 11.5. The van der Waals surface area contributed by atoms with Crippen LogP contribution in [0.15, 0.2) is 78.9 Å². The van der Waals surface area contributed by atoms with Crippen LogP contribution in [0.25, 0.3) is 0 Å². The maximum atomic E-state index is 10.8. The van der Waals surface area contributed by atoms with Gasteiger partial charge in [-0.15, -0.1) is 0 Å². The van der Waals surface area contributed by atoms with Crippen LogP contribution in [-0.2, 0) is 13.2 Å². The number of benzene rings is 3. The van der Waals surface area contributed by atoms with Gasteiger partial charge in [-0.2, -0.15) is 0 Å². The maximum absolute atomic E-state index is 10.8. The van der Waals surface area contributed by atoms with Crippen molar-refractivity contribution in [1.82, 2.24) is 0 Å². The van der Waals surface area contributed by atoms with Crippen molar-refractivity contribution in [2.24, 2.45) is 0 Å². The molecule has 24 heavy (non-hydrogen) atoms. The molecule has 0 unspecified atom stereocenters. The van der Waals surface area contributed by atoms with E-state index in [1.54, 1.807) is 18.2 Å². The summed E-state index contributed by atoms with van der Waals surface area (Å²) in [5.41, 5.74) is 2.79. The molecule has 0 saturated heterocycles. The second-order valence-electron chi connectivity index (χ2n) is 5.40. The van der Waals surface area contributed by atoms with E-state index in [0.29, 0.717) is 24.5 Å². The molecule has 3 aromatic rings. The molecule has 3 rings (SSSR count). The standard InChI is InChI=1S/C21H18O3/c22-14-19-7-4-8-21(13-19)24-16-18-9-11-20(12-10-18)23-15-17-5-2-1-3-6-17/h1-14H,15-16H2. The zero-order valence-electron chi connectivity index (χ0n) is 13.2. The van der Waals surface area contributed by atoms with Gasteiger partial charge in [-0.3, -0.25) is 4.79 Å². The van der Waals surface area contributed by atoms with Crippen LogP contribution in [0.2, 0.25) is 0 Å². The second kappa shape index (κ2) is 7.97. The summed E-state index contributed by atoms with van der Waals surface area (Å²) in [5, 5.41) is 0. The van der Waals surface area contributed by atoms with Crippen molar-refractivity contribution in [3.05, 3.63) is 95.6 Å². The molecule has 0 N–H and O–H groups in total. The van der Waals surface area contributed by atoms with Gasteiger partial charge in [0.05, 0.1) is 0 Å². The highest BCUT2D eigenvalue weighted by Gasteiger charge is 2.00. The molecule has 120 valence electrons. The molecule has 0 aliphatic rings. The van der Waals surface area contributed by atoms with Crippen molar-refractivity contribution in [1.29, 1.82) is 0 Å². The smallest absolute Gasteiger partial charge is 0.150 e. The summed E-state index contributed by atoms with van der Waals surface area (Å²) >= 11 is 0. The topological polar surface area (TPSA) is 35.5 Å². The number of ether oxygens (including phenoxy) is 2. The van der Waals surface area contributed by atoms with Crippen molar-refractivity contribution in [3.8, 4) is 11.5 Å². The highest BCUT2D eigenvalue weighted by molar-refractivity contribution is 5.75. The second-order valence-corrected chi connectivity index (χ2v) is 5.40. The predicted molar refractivity (Wildman–Crippen MR) is 93.4 cm³/mol. The Labute approximate surface area is 141 Å². The molecule has 3 aromatic carbocycles. The van der Waals surface area contributed by atoms with E-state index in [2.05, 4.69) is 0 Å². The normalized spacial score (nSPS) is 10.2. The van der Waals surface area contributed by atoms with Crippen molar-refractivity contribution < 1.29 is 14.3 Å². The van der Waals surface area contributed by atoms with Gasteiger partial charge in [0.2, 0.25) is 0 Å². The minimum atomic E-state index is 0.446. The lowest BCUT2D eigenvalue weighted by Crippen LogP contribution is -1.97. The molecular weight excluding hydrogens is 300 g/mol. The van der Waals surface area contributed by atoms with E-state index in [1.807, 2.05) is 60.7 Å². The van der Waals surface area contributed by atoms with Crippen LogP contribution < -0.4 is 9.47 Å². The molecule has 0 bridgehead atoms. The van der Waals surface area contributed by atoms with Gasteiger partial charge in [-0.05, 0) is 35.4 Å². The Morgan fingerprint density at radius 3 is 2.04 bits per heavy atom. The Kier molecular flexibility index (Phi) is 5.25. The molecule has 3 heteroatoms. The summed E-state index contributed by atoms with van der Waals surface area (Å²) in [6.45, 7) is 0.996. The van der Waals surface area contributed by atoms with Gasteiger partial charge in [0, 0.05) is 5.56 Å². The molecule has 0 amide bonds. The van der Waals surface area contributed by atoms with E-state index in [9.17, 15) is 4.79 Å².